The lowest BCUT2D eigenvalue weighted by atomic mass is 10.1. The van der Waals surface area contributed by atoms with Gasteiger partial charge in [0.05, 0.1) is 0 Å². The van der Waals surface area contributed by atoms with E-state index in [4.69, 9.17) is 14.2 Å². The molecule has 1 fully saturated rings. The summed E-state index contributed by atoms with van der Waals surface area (Å²) in [6.45, 7) is 6.52. The molecule has 14 heteroatoms. The van der Waals surface area contributed by atoms with Crippen LogP contribution in [-0.4, -0.2) is 64.1 Å². The molecule has 0 N–H and O–H groups in total. The topological polar surface area (TPSA) is 104 Å². The molecule has 3 aromatic carbocycles. The highest BCUT2D eigenvalue weighted by Crippen LogP contribution is 2.29. The van der Waals surface area contributed by atoms with Gasteiger partial charge in [-0.1, -0.05) is 12.1 Å². The van der Waals surface area contributed by atoms with E-state index in [1.807, 2.05) is 36.4 Å². The summed E-state index contributed by atoms with van der Waals surface area (Å²) in [5, 5.41) is 11.0. The van der Waals surface area contributed by atoms with Crippen molar-refractivity contribution < 1.29 is 37.0 Å². The van der Waals surface area contributed by atoms with Gasteiger partial charge in [-0.3, -0.25) is 9.47 Å². The molecule has 0 spiro atoms. The van der Waals surface area contributed by atoms with Crippen LogP contribution in [0.25, 0.3) is 0 Å². The number of ether oxygens (including phenoxy) is 4. The van der Waals surface area contributed by atoms with E-state index in [2.05, 4.69) is 38.6 Å². The number of benzene rings is 3. The number of nitrogens with zero attached hydrogens (tertiary/aromatic N) is 5. The molecule has 46 heavy (non-hydrogen) atoms. The summed E-state index contributed by atoms with van der Waals surface area (Å²) in [5.41, 5.74) is 2.25. The number of halogens is 3. The first-order valence-corrected chi connectivity index (χ1v) is 14.8. The number of hydrogen-bond acceptors (Lipinski definition) is 9. The Morgan fingerprint density at radius 2 is 1.59 bits per heavy atom. The van der Waals surface area contributed by atoms with Crippen molar-refractivity contribution in [2.24, 2.45) is 0 Å². The summed E-state index contributed by atoms with van der Waals surface area (Å²) in [6.07, 6.45) is -2.93. The van der Waals surface area contributed by atoms with Crippen molar-refractivity contribution in [1.29, 1.82) is 0 Å². The smallest absolute Gasteiger partial charge is 0.490 e. The molecule has 0 radical (unpaired) electrons. The second kappa shape index (κ2) is 13.2. The van der Waals surface area contributed by atoms with Crippen LogP contribution in [-0.2, 0) is 13.1 Å². The Morgan fingerprint density at radius 3 is 2.24 bits per heavy atom. The molecule has 0 aliphatic carbocycles. The largest absolute Gasteiger partial charge is 0.573 e. The van der Waals surface area contributed by atoms with Gasteiger partial charge < -0.3 is 34.0 Å². The number of aromatic nitrogens is 2. The number of anilines is 1. The van der Waals surface area contributed by atoms with Gasteiger partial charge in [0, 0.05) is 55.9 Å². The van der Waals surface area contributed by atoms with Gasteiger partial charge in [-0.05, 0) is 78.1 Å². The Bertz CT molecular complexity index is 1630. The maximum Gasteiger partial charge on any atom is 0.573 e. The third-order valence-electron chi connectivity index (χ3n) is 7.82. The highest BCUT2D eigenvalue weighted by molar-refractivity contribution is 5.50. The molecule has 0 amide bonds. The number of hydrogen-bond donors (Lipinski definition) is 0. The van der Waals surface area contributed by atoms with Crippen LogP contribution >= 0.6 is 0 Å². The van der Waals surface area contributed by atoms with Crippen LogP contribution in [0.15, 0.2) is 79.0 Å². The van der Waals surface area contributed by atoms with Crippen molar-refractivity contribution in [3.8, 4) is 29.0 Å². The molecule has 6 rings (SSSR count). The monoisotopic (exact) mass is 639 g/mol. The van der Waals surface area contributed by atoms with E-state index in [1.54, 1.807) is 4.57 Å². The lowest BCUT2D eigenvalue weighted by molar-refractivity contribution is -0.389. The summed E-state index contributed by atoms with van der Waals surface area (Å²) in [4.78, 5) is 19.1. The standard InChI is InChI=1S/C32H32F3N5O6/c1-22-18-37(19-23-2-6-26(7-3-23)44-27-10-12-28(13-11-27)46-32(33,34)35)16-17-39(22)24-4-8-25(9-5-24)43-21-29-14-15-38-20-30(40(41)42)36-31(38)45-29/h2-13,20,22,29H,14-19,21H2,1H3/t22-,29-/m1/s1. The van der Waals surface area contributed by atoms with Crippen LogP contribution in [0.5, 0.6) is 29.0 Å². The normalized spacial score (nSPS) is 18.4. The number of nitro groups is 1. The molecule has 242 valence electrons. The van der Waals surface area contributed by atoms with Crippen LogP contribution in [0.4, 0.5) is 24.7 Å². The van der Waals surface area contributed by atoms with Gasteiger partial charge in [0.2, 0.25) is 0 Å². The van der Waals surface area contributed by atoms with E-state index in [1.165, 1.54) is 30.5 Å². The second-order valence-electron chi connectivity index (χ2n) is 11.2. The minimum Gasteiger partial charge on any atom is -0.490 e. The van der Waals surface area contributed by atoms with Gasteiger partial charge in [-0.2, -0.15) is 0 Å². The Labute approximate surface area is 262 Å². The zero-order valence-corrected chi connectivity index (χ0v) is 24.9. The van der Waals surface area contributed by atoms with Gasteiger partial charge in [-0.25, -0.2) is 0 Å². The van der Waals surface area contributed by atoms with Crippen molar-refractivity contribution in [2.75, 3.05) is 31.1 Å². The molecule has 3 heterocycles. The van der Waals surface area contributed by atoms with E-state index in [0.29, 0.717) is 31.1 Å². The minimum absolute atomic E-state index is 0.224. The molecule has 11 nitrogen and oxygen atoms in total. The Kier molecular flexibility index (Phi) is 8.88. The summed E-state index contributed by atoms with van der Waals surface area (Å²) in [7, 11) is 0. The molecule has 1 aromatic heterocycles. The third kappa shape index (κ3) is 7.80. The van der Waals surface area contributed by atoms with Crippen molar-refractivity contribution in [1.82, 2.24) is 14.5 Å². The summed E-state index contributed by atoms with van der Waals surface area (Å²) in [6, 6.07) is 21.5. The van der Waals surface area contributed by atoms with Crippen LogP contribution in [0.3, 0.4) is 0 Å². The molecule has 2 aliphatic rings. The molecule has 0 unspecified atom stereocenters. The summed E-state index contributed by atoms with van der Waals surface area (Å²) >= 11 is 0. The van der Waals surface area contributed by atoms with Crippen LogP contribution in [0.1, 0.15) is 18.9 Å². The molecule has 4 aromatic rings. The van der Waals surface area contributed by atoms with Gasteiger partial charge in [0.25, 0.3) is 0 Å². The maximum absolute atomic E-state index is 12.4. The van der Waals surface area contributed by atoms with Gasteiger partial charge in [0.1, 0.15) is 41.9 Å². The van der Waals surface area contributed by atoms with Gasteiger partial charge >= 0.3 is 18.2 Å². The van der Waals surface area contributed by atoms with Crippen molar-refractivity contribution >= 4 is 11.5 Å². The molecular formula is C32H32F3N5O6. The van der Waals surface area contributed by atoms with Gasteiger partial charge in [-0.15, -0.1) is 13.2 Å². The first-order chi connectivity index (χ1) is 22.1. The van der Waals surface area contributed by atoms with Crippen LogP contribution < -0.4 is 23.8 Å². The van der Waals surface area contributed by atoms with E-state index in [0.717, 1.165) is 43.2 Å². The Hall–Kier alpha value is -4.98. The van der Waals surface area contributed by atoms with E-state index in [9.17, 15) is 23.3 Å². The van der Waals surface area contributed by atoms with E-state index in [-0.39, 0.29) is 29.7 Å². The quantitative estimate of drug-likeness (QED) is 0.144. The zero-order valence-electron chi connectivity index (χ0n) is 24.9. The average Bonchev–Trinajstić information content (AvgIpc) is 3.46. The van der Waals surface area contributed by atoms with Gasteiger partial charge in [0.15, 0.2) is 0 Å². The SMILES string of the molecule is C[C@@H]1CN(Cc2ccc(Oc3ccc(OC(F)(F)F)cc3)cc2)CCN1c1ccc(OC[C@H]2CCn3cc([N+](=O)[O-])nc3O2)cc1. The molecule has 0 saturated carbocycles. The van der Waals surface area contributed by atoms with E-state index >= 15 is 0 Å². The summed E-state index contributed by atoms with van der Waals surface area (Å²) < 4.78 is 60.1. The Balaban J connectivity index is 0.949. The molecular weight excluding hydrogens is 607 g/mol. The average molecular weight is 640 g/mol. The first kappa shape index (κ1) is 31.0. The highest BCUT2D eigenvalue weighted by atomic mass is 19.4. The van der Waals surface area contributed by atoms with Crippen LogP contribution in [0.2, 0.25) is 0 Å². The fraction of sp³-hybridized carbons (Fsp3) is 0.344. The summed E-state index contributed by atoms with van der Waals surface area (Å²) in [5.74, 6) is 1.19. The van der Waals surface area contributed by atoms with Crippen molar-refractivity contribution in [3.05, 3.63) is 94.7 Å². The molecule has 2 atom stereocenters. The number of fused-ring (bicyclic) bond motifs is 1. The van der Waals surface area contributed by atoms with E-state index < -0.39 is 11.3 Å². The zero-order chi connectivity index (χ0) is 32.3. The minimum atomic E-state index is -4.73. The lowest BCUT2D eigenvalue weighted by Gasteiger charge is -2.41. The number of alkyl halides is 3. The number of aryl methyl sites for hydroxylation is 1. The molecule has 1 saturated heterocycles. The molecule has 0 bridgehead atoms. The lowest BCUT2D eigenvalue weighted by Crippen LogP contribution is -2.51. The predicted octanol–water partition coefficient (Wildman–Crippen LogP) is 6.42. The third-order valence-corrected chi connectivity index (χ3v) is 7.82. The maximum atomic E-state index is 12.4. The number of rotatable bonds is 10. The van der Waals surface area contributed by atoms with Crippen molar-refractivity contribution in [3.63, 3.8) is 0 Å². The van der Waals surface area contributed by atoms with Crippen molar-refractivity contribution in [2.45, 2.75) is 44.9 Å². The predicted molar refractivity (Wildman–Crippen MR) is 162 cm³/mol. The second-order valence-corrected chi connectivity index (χ2v) is 11.2. The van der Waals surface area contributed by atoms with Crippen LogP contribution in [0, 0.1) is 10.1 Å². The number of imidazole rings is 1. The highest BCUT2D eigenvalue weighted by Gasteiger charge is 2.31. The number of piperazine rings is 1. The molecule has 2 aliphatic heterocycles. The fourth-order valence-corrected chi connectivity index (χ4v) is 5.59. The Morgan fingerprint density at radius 1 is 0.935 bits per heavy atom. The fourth-order valence-electron chi connectivity index (χ4n) is 5.59. The first-order valence-electron chi connectivity index (χ1n) is 14.8.